The zero-order valence-electron chi connectivity index (χ0n) is 12.4. The zero-order valence-corrected chi connectivity index (χ0v) is 12.4. The number of methoxy groups -OCH3 is 2. The van der Waals surface area contributed by atoms with Crippen molar-refractivity contribution in [3.63, 3.8) is 0 Å². The zero-order chi connectivity index (χ0) is 15.2. The minimum atomic E-state index is -1.35. The first-order valence-electron chi connectivity index (χ1n) is 6.85. The third-order valence-electron chi connectivity index (χ3n) is 5.16. The van der Waals surface area contributed by atoms with E-state index in [1.165, 1.54) is 14.2 Å². The van der Waals surface area contributed by atoms with Crippen LogP contribution in [0.5, 0.6) is 0 Å². The molecule has 20 heavy (non-hydrogen) atoms. The molecule has 6 heteroatoms. The average Bonchev–Trinajstić information content (AvgIpc) is 3.03. The number of amidine groups is 1. The molecule has 3 N–H and O–H groups in total. The smallest absolute Gasteiger partial charge is 0.317 e. The van der Waals surface area contributed by atoms with E-state index >= 15 is 0 Å². The summed E-state index contributed by atoms with van der Waals surface area (Å²) in [6, 6.07) is 4.56. The third kappa shape index (κ3) is 1.17. The summed E-state index contributed by atoms with van der Waals surface area (Å²) in [5, 5.41) is 19.5. The lowest BCUT2D eigenvalue weighted by Crippen LogP contribution is -2.90. The van der Waals surface area contributed by atoms with E-state index in [9.17, 15) is 10.5 Å². The molecule has 6 nitrogen and oxygen atoms in total. The molecule has 0 amide bonds. The lowest BCUT2D eigenvalue weighted by atomic mass is 9.89. The van der Waals surface area contributed by atoms with Crippen LogP contribution in [0.1, 0.15) is 26.7 Å². The molecule has 0 unspecified atom stereocenters. The number of fused-ring (bicyclic) bond motifs is 1. The van der Waals surface area contributed by atoms with Gasteiger partial charge in [-0.05, 0) is 5.92 Å². The molecule has 0 spiro atoms. The van der Waals surface area contributed by atoms with Gasteiger partial charge in [0.25, 0.3) is 5.84 Å². The molecule has 1 heterocycles. The highest BCUT2D eigenvalue weighted by Crippen LogP contribution is 2.76. The molecule has 108 valence electrons. The summed E-state index contributed by atoms with van der Waals surface area (Å²) in [7, 11) is 2.91. The van der Waals surface area contributed by atoms with Crippen LogP contribution in [0.25, 0.3) is 0 Å². The molecule has 1 saturated carbocycles. The maximum Gasteiger partial charge on any atom is 0.342 e. The number of nitrogens with zero attached hydrogens (tertiary/aromatic N) is 2. The van der Waals surface area contributed by atoms with Crippen molar-refractivity contribution in [3.05, 3.63) is 0 Å². The second-order valence-corrected chi connectivity index (χ2v) is 5.46. The molecule has 2 rings (SSSR count). The van der Waals surface area contributed by atoms with Gasteiger partial charge >= 0.3 is 5.91 Å². The van der Waals surface area contributed by atoms with Crippen molar-refractivity contribution in [1.29, 1.82) is 10.5 Å². The van der Waals surface area contributed by atoms with Gasteiger partial charge in [-0.1, -0.05) is 26.7 Å². The second-order valence-electron chi connectivity index (χ2n) is 5.46. The van der Waals surface area contributed by atoms with E-state index < -0.39 is 16.7 Å². The number of nitrogens with two attached hydrogens (primary N) is 1. The molecular formula is C14H21N4O2+. The van der Waals surface area contributed by atoms with Crippen LogP contribution in [0.2, 0.25) is 0 Å². The summed E-state index contributed by atoms with van der Waals surface area (Å²) in [4.78, 5) is 2.89. The molecule has 0 aromatic rings. The topological polar surface area (TPSA) is 106 Å². The normalized spacial score (nSPS) is 37.0. The van der Waals surface area contributed by atoms with Crippen LogP contribution >= 0.6 is 0 Å². The number of hydrogen-bond donors (Lipinski definition) is 2. The molecule has 2 aliphatic rings. The van der Waals surface area contributed by atoms with E-state index in [4.69, 9.17) is 15.2 Å². The molecule has 0 aromatic heterocycles. The first kappa shape index (κ1) is 14.8. The van der Waals surface area contributed by atoms with Crippen LogP contribution in [0.4, 0.5) is 0 Å². The molecule has 0 radical (unpaired) electrons. The average molecular weight is 277 g/mol. The van der Waals surface area contributed by atoms with E-state index in [1.807, 2.05) is 0 Å². The van der Waals surface area contributed by atoms with Crippen LogP contribution in [0, 0.1) is 45.3 Å². The largest absolute Gasteiger partial charge is 0.342 e. The van der Waals surface area contributed by atoms with E-state index in [1.54, 1.807) is 0 Å². The predicted octanol–water partition coefficient (Wildman–Crippen LogP) is -0.530. The van der Waals surface area contributed by atoms with Crippen molar-refractivity contribution in [2.24, 2.45) is 28.4 Å². The molecule has 1 fully saturated rings. The second kappa shape index (κ2) is 4.44. The van der Waals surface area contributed by atoms with Gasteiger partial charge in [0.2, 0.25) is 0 Å². The Labute approximate surface area is 119 Å². The van der Waals surface area contributed by atoms with Crippen molar-refractivity contribution in [2.45, 2.75) is 32.6 Å². The van der Waals surface area contributed by atoms with Gasteiger partial charge in [-0.15, -0.1) is 0 Å². The van der Waals surface area contributed by atoms with Crippen molar-refractivity contribution < 1.29 is 14.5 Å². The van der Waals surface area contributed by atoms with Gasteiger partial charge < -0.3 is 9.47 Å². The third-order valence-corrected chi connectivity index (χ3v) is 5.16. The fourth-order valence-electron chi connectivity index (χ4n) is 4.15. The van der Waals surface area contributed by atoms with Crippen LogP contribution in [0.15, 0.2) is 0 Å². The maximum absolute atomic E-state index is 9.82. The van der Waals surface area contributed by atoms with Crippen LogP contribution in [-0.4, -0.2) is 26.0 Å². The number of nitrogens with one attached hydrogen (secondary N) is 1. The van der Waals surface area contributed by atoms with E-state index in [2.05, 4.69) is 31.0 Å². The Kier molecular flexibility index (Phi) is 3.28. The Hall–Kier alpha value is -1.63. The van der Waals surface area contributed by atoms with Gasteiger partial charge in [0.05, 0.1) is 12.1 Å². The first-order valence-corrected chi connectivity index (χ1v) is 6.85. The summed E-state index contributed by atoms with van der Waals surface area (Å²) in [5.41, 5.74) is 3.93. The lowest BCUT2D eigenvalue weighted by Gasteiger charge is -2.28. The van der Waals surface area contributed by atoms with Crippen molar-refractivity contribution >= 4 is 5.84 Å². The molecule has 0 saturated heterocycles. The van der Waals surface area contributed by atoms with E-state index in [0.29, 0.717) is 0 Å². The van der Waals surface area contributed by atoms with Crippen molar-refractivity contribution in [2.75, 3.05) is 14.2 Å². The van der Waals surface area contributed by atoms with Crippen molar-refractivity contribution in [3.8, 4) is 12.1 Å². The summed E-state index contributed by atoms with van der Waals surface area (Å²) >= 11 is 0. The van der Waals surface area contributed by atoms with Crippen LogP contribution < -0.4 is 10.7 Å². The maximum atomic E-state index is 9.82. The molecule has 0 aromatic carbocycles. The minimum absolute atomic E-state index is 0.179. The quantitative estimate of drug-likeness (QED) is 0.657. The molecule has 1 aliphatic heterocycles. The van der Waals surface area contributed by atoms with Gasteiger partial charge in [0, 0.05) is 20.1 Å². The Morgan fingerprint density at radius 2 is 1.80 bits per heavy atom. The van der Waals surface area contributed by atoms with Gasteiger partial charge in [0.1, 0.15) is 0 Å². The summed E-state index contributed by atoms with van der Waals surface area (Å²) in [6.45, 7) is 4.12. The lowest BCUT2D eigenvalue weighted by molar-refractivity contribution is -0.688. The molecule has 0 bridgehead atoms. The number of ether oxygens (including phenoxy) is 2. The predicted molar refractivity (Wildman–Crippen MR) is 70.6 cm³/mol. The molecule has 3 atom stereocenters. The Balaban J connectivity index is 2.64. The van der Waals surface area contributed by atoms with Crippen molar-refractivity contribution in [1.82, 2.24) is 0 Å². The summed E-state index contributed by atoms with van der Waals surface area (Å²) in [6.07, 6.45) is 1.76. The first-order chi connectivity index (χ1) is 9.51. The van der Waals surface area contributed by atoms with Gasteiger partial charge in [-0.3, -0.25) is 5.73 Å². The van der Waals surface area contributed by atoms with E-state index in [-0.39, 0.29) is 17.7 Å². The fourth-order valence-corrected chi connectivity index (χ4v) is 4.15. The highest BCUT2D eigenvalue weighted by molar-refractivity contribution is 5.93. The summed E-state index contributed by atoms with van der Waals surface area (Å²) < 4.78 is 10.9. The van der Waals surface area contributed by atoms with Gasteiger partial charge in [0.15, 0.2) is 10.8 Å². The highest BCUT2D eigenvalue weighted by atomic mass is 16.7. The standard InChI is InChI=1S/C14H20N4O2/c1-5-9(6-2)10-12(7-15)11(17)18-14(19-3,20-4)13(10,12)8-16/h9-10H,5-6H2,1-4H3,(H2,17,18)/p+1/t10-,12-,13-/m1/s1. The van der Waals surface area contributed by atoms with E-state index in [0.717, 1.165) is 12.8 Å². The van der Waals surface area contributed by atoms with Gasteiger partial charge in [-0.25, -0.2) is 4.99 Å². The molecule has 1 aliphatic carbocycles. The minimum Gasteiger partial charge on any atom is -0.317 e. The van der Waals surface area contributed by atoms with Gasteiger partial charge in [-0.2, -0.15) is 10.5 Å². The monoisotopic (exact) mass is 277 g/mol. The Morgan fingerprint density at radius 3 is 2.15 bits per heavy atom. The SMILES string of the molecule is CCC(CC)[C@@H]1[C@]2(C#N)C(N)=[NH+]C(OC)(OC)[C@]12C#N. The Morgan fingerprint density at radius 1 is 1.25 bits per heavy atom. The van der Waals surface area contributed by atoms with Crippen LogP contribution in [0.3, 0.4) is 0 Å². The number of hydrogen-bond acceptors (Lipinski definition) is 5. The summed E-state index contributed by atoms with van der Waals surface area (Å²) in [5.74, 6) is -1.03. The Bertz CT molecular complexity index is 524. The molecular weight excluding hydrogens is 256 g/mol. The fraction of sp³-hybridized carbons (Fsp3) is 0.786. The number of rotatable bonds is 5. The van der Waals surface area contributed by atoms with Crippen LogP contribution in [-0.2, 0) is 9.47 Å². The highest BCUT2D eigenvalue weighted by Gasteiger charge is 2.97. The number of nitriles is 2.